The monoisotopic (exact) mass is 422 g/mol. The van der Waals surface area contributed by atoms with E-state index in [2.05, 4.69) is 25.9 Å². The number of methoxy groups -OCH3 is 2. The fourth-order valence-electron chi connectivity index (χ4n) is 2.47. The van der Waals surface area contributed by atoms with Gasteiger partial charge in [0, 0.05) is 13.2 Å². The molecule has 0 unspecified atom stereocenters. The van der Waals surface area contributed by atoms with Crippen LogP contribution in [0.25, 0.3) is 11.4 Å². The minimum absolute atomic E-state index is 0.152. The number of aryl methyl sites for hydroxylation is 1. The summed E-state index contributed by atoms with van der Waals surface area (Å²) in [5.41, 5.74) is 6.52. The van der Waals surface area contributed by atoms with Crippen LogP contribution >= 0.6 is 23.2 Å². The van der Waals surface area contributed by atoms with Gasteiger partial charge in [0.25, 0.3) is 5.91 Å². The summed E-state index contributed by atoms with van der Waals surface area (Å²) < 4.78 is 12.5. The zero-order valence-electron chi connectivity index (χ0n) is 15.2. The number of hydrogen-bond acceptors (Lipinski definition) is 7. The normalized spacial score (nSPS) is 10.5. The van der Waals surface area contributed by atoms with Crippen LogP contribution in [-0.2, 0) is 7.05 Å². The summed E-state index contributed by atoms with van der Waals surface area (Å²) in [5.74, 6) is 0.782. The molecule has 3 rings (SSSR count). The van der Waals surface area contributed by atoms with Crippen molar-refractivity contribution in [3.05, 3.63) is 46.5 Å². The van der Waals surface area contributed by atoms with Crippen molar-refractivity contribution >= 4 is 34.8 Å². The number of hydrazine groups is 1. The van der Waals surface area contributed by atoms with Crippen molar-refractivity contribution in [3.8, 4) is 22.9 Å². The molecule has 0 aliphatic heterocycles. The van der Waals surface area contributed by atoms with Gasteiger partial charge in [0.05, 0.1) is 30.4 Å². The van der Waals surface area contributed by atoms with Crippen LogP contribution in [0.2, 0.25) is 10.2 Å². The number of rotatable bonds is 6. The largest absolute Gasteiger partial charge is 0.494 e. The molecule has 0 aliphatic carbocycles. The maximum atomic E-state index is 12.5. The Labute approximate surface area is 170 Å². The predicted octanol–water partition coefficient (Wildman–Crippen LogP) is 2.96. The second-order valence-electron chi connectivity index (χ2n) is 5.53. The molecule has 11 heteroatoms. The molecule has 0 radical (unpaired) electrons. The number of nitrogens with one attached hydrogen (secondary N) is 2. The Bertz CT molecular complexity index is 1020. The SMILES string of the molecule is COc1ccc(-c2ncn(C)n2)c(OC)c1NNC(=O)c1cnc(Cl)cc1Cl. The third-order valence-corrected chi connectivity index (χ3v) is 4.27. The van der Waals surface area contributed by atoms with Crippen LogP contribution < -0.4 is 20.3 Å². The van der Waals surface area contributed by atoms with E-state index in [1.54, 1.807) is 30.2 Å². The Morgan fingerprint density at radius 3 is 2.57 bits per heavy atom. The van der Waals surface area contributed by atoms with Gasteiger partial charge in [0.1, 0.15) is 22.9 Å². The van der Waals surface area contributed by atoms with E-state index in [4.69, 9.17) is 32.7 Å². The third kappa shape index (κ3) is 3.95. The Morgan fingerprint density at radius 1 is 1.18 bits per heavy atom. The van der Waals surface area contributed by atoms with Gasteiger partial charge in [-0.25, -0.2) is 9.97 Å². The van der Waals surface area contributed by atoms with Crippen LogP contribution in [0, 0.1) is 0 Å². The predicted molar refractivity (Wildman–Crippen MR) is 105 cm³/mol. The lowest BCUT2D eigenvalue weighted by Crippen LogP contribution is -2.30. The first kappa shape index (κ1) is 19.7. The average molecular weight is 423 g/mol. The number of amides is 1. The molecule has 0 aliphatic rings. The van der Waals surface area contributed by atoms with Gasteiger partial charge in [-0.1, -0.05) is 23.2 Å². The molecule has 2 aromatic heterocycles. The molecule has 1 aromatic carbocycles. The number of pyridine rings is 1. The van der Waals surface area contributed by atoms with E-state index in [9.17, 15) is 4.79 Å². The van der Waals surface area contributed by atoms with E-state index in [0.29, 0.717) is 28.6 Å². The summed E-state index contributed by atoms with van der Waals surface area (Å²) in [6, 6.07) is 4.85. The number of ether oxygens (including phenoxy) is 2. The molecule has 3 aromatic rings. The van der Waals surface area contributed by atoms with Crippen molar-refractivity contribution in [3.63, 3.8) is 0 Å². The van der Waals surface area contributed by atoms with Crippen molar-refractivity contribution < 1.29 is 14.3 Å². The van der Waals surface area contributed by atoms with Crippen LogP contribution in [-0.4, -0.2) is 39.9 Å². The first-order chi connectivity index (χ1) is 13.4. The fraction of sp³-hybridized carbons (Fsp3) is 0.176. The lowest BCUT2D eigenvalue weighted by atomic mass is 10.1. The number of nitrogens with zero attached hydrogens (tertiary/aromatic N) is 4. The number of halogens is 2. The van der Waals surface area contributed by atoms with E-state index >= 15 is 0 Å². The summed E-state index contributed by atoms with van der Waals surface area (Å²) in [5, 5.41) is 4.64. The van der Waals surface area contributed by atoms with Crippen molar-refractivity contribution in [2.75, 3.05) is 19.6 Å². The standard InChI is InChI=1S/C17H16Cl2N6O3/c1-25-8-21-16(24-25)9-4-5-12(27-2)14(15(9)28-3)22-23-17(26)10-7-20-13(19)6-11(10)18/h4-8,22H,1-3H3,(H,23,26). The van der Waals surface area contributed by atoms with Gasteiger partial charge >= 0.3 is 0 Å². The van der Waals surface area contributed by atoms with Crippen LogP contribution in [0.4, 0.5) is 5.69 Å². The van der Waals surface area contributed by atoms with Gasteiger partial charge in [0.2, 0.25) is 0 Å². The number of hydrogen-bond donors (Lipinski definition) is 2. The van der Waals surface area contributed by atoms with Crippen molar-refractivity contribution in [2.24, 2.45) is 7.05 Å². The van der Waals surface area contributed by atoms with E-state index < -0.39 is 5.91 Å². The summed E-state index contributed by atoms with van der Waals surface area (Å²) in [4.78, 5) is 20.6. The third-order valence-electron chi connectivity index (χ3n) is 3.75. The summed E-state index contributed by atoms with van der Waals surface area (Å²) in [7, 11) is 4.75. The Kier molecular flexibility index (Phi) is 5.86. The molecule has 0 fully saturated rings. The van der Waals surface area contributed by atoms with Gasteiger partial charge in [-0.05, 0) is 18.2 Å². The number of benzene rings is 1. The van der Waals surface area contributed by atoms with Gasteiger partial charge in [-0.15, -0.1) is 0 Å². The highest BCUT2D eigenvalue weighted by molar-refractivity contribution is 6.36. The van der Waals surface area contributed by atoms with Crippen molar-refractivity contribution in [1.29, 1.82) is 0 Å². The van der Waals surface area contributed by atoms with E-state index in [-0.39, 0.29) is 15.7 Å². The van der Waals surface area contributed by atoms with Crippen LogP contribution in [0.1, 0.15) is 10.4 Å². The van der Waals surface area contributed by atoms with Gasteiger partial charge in [-0.3, -0.25) is 20.3 Å². The zero-order valence-corrected chi connectivity index (χ0v) is 16.7. The van der Waals surface area contributed by atoms with E-state index in [1.165, 1.54) is 26.5 Å². The van der Waals surface area contributed by atoms with Crippen LogP contribution in [0.5, 0.6) is 11.5 Å². The molecule has 0 saturated carbocycles. The number of carbonyl (C=O) groups excluding carboxylic acids is 1. The molecule has 146 valence electrons. The summed E-state index contributed by atoms with van der Waals surface area (Å²) in [6.07, 6.45) is 2.85. The topological polar surface area (TPSA) is 103 Å². The molecule has 9 nitrogen and oxygen atoms in total. The molecule has 2 N–H and O–H groups in total. The molecule has 28 heavy (non-hydrogen) atoms. The lowest BCUT2D eigenvalue weighted by molar-refractivity contribution is 0.0962. The highest BCUT2D eigenvalue weighted by Gasteiger charge is 2.20. The van der Waals surface area contributed by atoms with Crippen molar-refractivity contribution in [2.45, 2.75) is 0 Å². The fourth-order valence-corrected chi connectivity index (χ4v) is 2.92. The second kappa shape index (κ2) is 8.32. The first-order valence-electron chi connectivity index (χ1n) is 7.93. The maximum Gasteiger partial charge on any atom is 0.272 e. The zero-order chi connectivity index (χ0) is 20.3. The molecule has 0 saturated heterocycles. The Hall–Kier alpha value is -3.04. The Morgan fingerprint density at radius 2 is 1.96 bits per heavy atom. The highest BCUT2D eigenvalue weighted by atomic mass is 35.5. The Balaban J connectivity index is 1.92. The maximum absolute atomic E-state index is 12.5. The number of anilines is 1. The summed E-state index contributed by atoms with van der Waals surface area (Å²) >= 11 is 11.8. The molecule has 0 spiro atoms. The number of aromatic nitrogens is 4. The first-order valence-corrected chi connectivity index (χ1v) is 8.68. The van der Waals surface area contributed by atoms with Gasteiger partial charge in [0.15, 0.2) is 11.6 Å². The van der Waals surface area contributed by atoms with Gasteiger partial charge in [-0.2, -0.15) is 5.10 Å². The van der Waals surface area contributed by atoms with Crippen LogP contribution in [0.15, 0.2) is 30.7 Å². The lowest BCUT2D eigenvalue weighted by Gasteiger charge is -2.17. The van der Waals surface area contributed by atoms with Crippen LogP contribution in [0.3, 0.4) is 0 Å². The average Bonchev–Trinajstić information content (AvgIpc) is 3.11. The minimum Gasteiger partial charge on any atom is -0.494 e. The summed E-state index contributed by atoms with van der Waals surface area (Å²) in [6.45, 7) is 0. The quantitative estimate of drug-likeness (QED) is 0.464. The van der Waals surface area contributed by atoms with E-state index in [1.807, 2.05) is 0 Å². The molecule has 0 atom stereocenters. The van der Waals surface area contributed by atoms with Crippen molar-refractivity contribution in [1.82, 2.24) is 25.2 Å². The molecular weight excluding hydrogens is 407 g/mol. The molecule has 1 amide bonds. The highest BCUT2D eigenvalue weighted by Crippen LogP contribution is 2.41. The van der Waals surface area contributed by atoms with E-state index in [0.717, 1.165) is 0 Å². The second-order valence-corrected chi connectivity index (χ2v) is 6.33. The molecule has 2 heterocycles. The van der Waals surface area contributed by atoms with Gasteiger partial charge < -0.3 is 9.47 Å². The molecular formula is C17H16Cl2N6O3. The number of carbonyl (C=O) groups is 1. The minimum atomic E-state index is -0.514. The molecule has 0 bridgehead atoms. The smallest absolute Gasteiger partial charge is 0.272 e.